The Balaban J connectivity index is 1.86. The van der Waals surface area contributed by atoms with Gasteiger partial charge >= 0.3 is 5.82 Å². The van der Waals surface area contributed by atoms with Gasteiger partial charge in [-0.15, -0.1) is 0 Å². The highest BCUT2D eigenvalue weighted by Crippen LogP contribution is 2.24. The van der Waals surface area contributed by atoms with Gasteiger partial charge in [0.2, 0.25) is 6.33 Å². The molecule has 0 aliphatic rings. The molecule has 124 valence electrons. The van der Waals surface area contributed by atoms with Crippen LogP contribution in [0.3, 0.4) is 0 Å². The van der Waals surface area contributed by atoms with Crippen LogP contribution in [0.1, 0.15) is 26.3 Å². The highest BCUT2D eigenvalue weighted by molar-refractivity contribution is 5.31. The molecule has 0 aliphatic carbocycles. The van der Waals surface area contributed by atoms with Crippen LogP contribution in [0.4, 0.5) is 5.82 Å². The molecule has 0 radical (unpaired) electrons. The average Bonchev–Trinajstić information content (AvgIpc) is 2.93. The lowest BCUT2D eigenvalue weighted by atomic mass is 9.87. The largest absolute Gasteiger partial charge is 0.491 e. The van der Waals surface area contributed by atoms with Gasteiger partial charge in [-0.2, -0.15) is 0 Å². The van der Waals surface area contributed by atoms with Gasteiger partial charge in [0.15, 0.2) is 0 Å². The lowest BCUT2D eigenvalue weighted by Crippen LogP contribution is -2.23. The van der Waals surface area contributed by atoms with Gasteiger partial charge in [-0.3, -0.25) is 0 Å². The van der Waals surface area contributed by atoms with E-state index in [1.54, 1.807) is 0 Å². The predicted octanol–water partition coefficient (Wildman–Crippen LogP) is 2.53. The Kier molecular flexibility index (Phi) is 5.00. The van der Waals surface area contributed by atoms with Crippen LogP contribution in [0.5, 0.6) is 5.75 Å². The lowest BCUT2D eigenvalue weighted by Gasteiger charge is -2.19. The van der Waals surface area contributed by atoms with Crippen LogP contribution in [-0.4, -0.2) is 32.3 Å². The van der Waals surface area contributed by atoms with E-state index in [0.29, 0.717) is 5.75 Å². The number of aromatic nitrogens is 2. The van der Waals surface area contributed by atoms with Crippen molar-refractivity contribution in [1.82, 2.24) is 9.55 Å². The normalized spacial score (nSPS) is 12.9. The molecule has 0 fully saturated rings. The van der Waals surface area contributed by atoms with Crippen molar-refractivity contribution in [1.29, 1.82) is 0 Å². The maximum absolute atomic E-state index is 10.6. The minimum Gasteiger partial charge on any atom is -0.491 e. The molecule has 2 rings (SSSR count). The molecule has 23 heavy (non-hydrogen) atoms. The van der Waals surface area contributed by atoms with Crippen LogP contribution in [0.15, 0.2) is 36.8 Å². The fourth-order valence-electron chi connectivity index (χ4n) is 2.08. The number of aliphatic hydroxyl groups excluding tert-OH is 1. The molecule has 2 aromatic rings. The zero-order valence-corrected chi connectivity index (χ0v) is 13.5. The molecule has 0 bridgehead atoms. The van der Waals surface area contributed by atoms with Gasteiger partial charge in [0, 0.05) is 0 Å². The Labute approximate surface area is 134 Å². The van der Waals surface area contributed by atoms with E-state index in [1.165, 1.54) is 22.7 Å². The number of hydrogen-bond donors (Lipinski definition) is 1. The predicted molar refractivity (Wildman–Crippen MR) is 85.5 cm³/mol. The van der Waals surface area contributed by atoms with Crippen molar-refractivity contribution in [2.75, 3.05) is 6.61 Å². The SMILES string of the molecule is CC(C)(C)c1ccc(OCC(O)Cn2cnc([N+](=O)[O-])c2)cc1. The summed E-state index contributed by atoms with van der Waals surface area (Å²) in [6, 6.07) is 7.74. The van der Waals surface area contributed by atoms with Gasteiger partial charge in [-0.25, -0.2) is 0 Å². The van der Waals surface area contributed by atoms with Gasteiger partial charge in [-0.05, 0) is 33.0 Å². The molecule has 1 aromatic carbocycles. The first-order valence-corrected chi connectivity index (χ1v) is 7.33. The first kappa shape index (κ1) is 17.0. The lowest BCUT2D eigenvalue weighted by molar-refractivity contribution is -0.389. The smallest absolute Gasteiger partial charge is 0.381 e. The van der Waals surface area contributed by atoms with E-state index in [0.717, 1.165) is 0 Å². The zero-order chi connectivity index (χ0) is 17.0. The van der Waals surface area contributed by atoms with Crippen LogP contribution in [0, 0.1) is 10.1 Å². The van der Waals surface area contributed by atoms with Crippen LogP contribution in [-0.2, 0) is 12.0 Å². The van der Waals surface area contributed by atoms with E-state index in [9.17, 15) is 15.2 Å². The minimum absolute atomic E-state index is 0.0776. The van der Waals surface area contributed by atoms with Gasteiger partial charge in [0.05, 0.1) is 6.54 Å². The Hall–Kier alpha value is -2.41. The zero-order valence-electron chi connectivity index (χ0n) is 13.5. The summed E-state index contributed by atoms with van der Waals surface area (Å²) in [4.78, 5) is 13.6. The quantitative estimate of drug-likeness (QED) is 0.652. The summed E-state index contributed by atoms with van der Waals surface area (Å²) in [5.41, 5.74) is 1.28. The van der Waals surface area contributed by atoms with E-state index in [-0.39, 0.29) is 24.4 Å². The number of nitrogens with zero attached hydrogens (tertiary/aromatic N) is 3. The standard InChI is InChI=1S/C16H21N3O4/c1-16(2,3)12-4-6-14(7-5-12)23-10-13(20)8-18-9-15(17-11-18)19(21)22/h4-7,9,11,13,20H,8,10H2,1-3H3. The summed E-state index contributed by atoms with van der Waals surface area (Å²) in [6.07, 6.45) is 1.81. The minimum atomic E-state index is -0.786. The van der Waals surface area contributed by atoms with Crippen molar-refractivity contribution in [3.63, 3.8) is 0 Å². The van der Waals surface area contributed by atoms with Crippen molar-refractivity contribution in [3.05, 3.63) is 52.5 Å². The van der Waals surface area contributed by atoms with E-state index in [1.807, 2.05) is 24.3 Å². The molecular weight excluding hydrogens is 298 g/mol. The van der Waals surface area contributed by atoms with Crippen molar-refractivity contribution < 1.29 is 14.8 Å². The molecule has 0 amide bonds. The van der Waals surface area contributed by atoms with E-state index < -0.39 is 11.0 Å². The molecule has 1 unspecified atom stereocenters. The molecule has 7 nitrogen and oxygen atoms in total. The highest BCUT2D eigenvalue weighted by atomic mass is 16.6. The summed E-state index contributed by atoms with van der Waals surface area (Å²) in [5.74, 6) is 0.435. The number of aliphatic hydroxyl groups is 1. The summed E-state index contributed by atoms with van der Waals surface area (Å²) in [6.45, 7) is 6.69. The second kappa shape index (κ2) is 6.78. The second-order valence-electron chi connectivity index (χ2n) is 6.42. The van der Waals surface area contributed by atoms with Gasteiger partial charge in [0.1, 0.15) is 24.7 Å². The van der Waals surface area contributed by atoms with E-state index in [2.05, 4.69) is 25.8 Å². The molecular formula is C16H21N3O4. The molecule has 0 spiro atoms. The van der Waals surface area contributed by atoms with Crippen LogP contribution in [0.2, 0.25) is 0 Å². The van der Waals surface area contributed by atoms with Crippen LogP contribution < -0.4 is 4.74 Å². The first-order valence-electron chi connectivity index (χ1n) is 7.33. The summed E-state index contributed by atoms with van der Waals surface area (Å²) >= 11 is 0. The third-order valence-corrected chi connectivity index (χ3v) is 3.39. The maximum atomic E-state index is 10.6. The Morgan fingerprint density at radius 1 is 1.35 bits per heavy atom. The fourth-order valence-corrected chi connectivity index (χ4v) is 2.08. The number of ether oxygens (including phenoxy) is 1. The molecule has 1 heterocycles. The molecule has 0 saturated carbocycles. The summed E-state index contributed by atoms with van der Waals surface area (Å²) in [5, 5.41) is 20.5. The maximum Gasteiger partial charge on any atom is 0.381 e. The first-order chi connectivity index (χ1) is 10.8. The molecule has 0 saturated heterocycles. The third-order valence-electron chi connectivity index (χ3n) is 3.39. The third kappa shape index (κ3) is 4.79. The molecule has 0 aliphatic heterocycles. The Bertz CT molecular complexity index is 659. The molecule has 7 heteroatoms. The number of rotatable bonds is 6. The highest BCUT2D eigenvalue weighted by Gasteiger charge is 2.15. The summed E-state index contributed by atoms with van der Waals surface area (Å²) in [7, 11) is 0. The number of benzene rings is 1. The number of hydrogen-bond acceptors (Lipinski definition) is 5. The van der Waals surface area contributed by atoms with Crippen molar-refractivity contribution in [3.8, 4) is 5.75 Å². The van der Waals surface area contributed by atoms with Gasteiger partial charge in [-0.1, -0.05) is 32.9 Å². The van der Waals surface area contributed by atoms with Crippen molar-refractivity contribution in [2.24, 2.45) is 0 Å². The molecule has 1 aromatic heterocycles. The van der Waals surface area contributed by atoms with Crippen LogP contribution in [0.25, 0.3) is 0 Å². The van der Waals surface area contributed by atoms with Crippen molar-refractivity contribution in [2.45, 2.75) is 38.8 Å². The number of nitro groups is 1. The van der Waals surface area contributed by atoms with Crippen molar-refractivity contribution >= 4 is 5.82 Å². The fraction of sp³-hybridized carbons (Fsp3) is 0.438. The van der Waals surface area contributed by atoms with E-state index >= 15 is 0 Å². The monoisotopic (exact) mass is 319 g/mol. The average molecular weight is 319 g/mol. The topological polar surface area (TPSA) is 90.4 Å². The molecule has 1 N–H and O–H groups in total. The van der Waals surface area contributed by atoms with Crippen LogP contribution >= 0.6 is 0 Å². The van der Waals surface area contributed by atoms with Gasteiger partial charge < -0.3 is 24.5 Å². The van der Waals surface area contributed by atoms with Gasteiger partial charge in [0.25, 0.3) is 0 Å². The Morgan fingerprint density at radius 3 is 2.52 bits per heavy atom. The van der Waals surface area contributed by atoms with E-state index in [4.69, 9.17) is 4.74 Å². The summed E-state index contributed by atoms with van der Waals surface area (Å²) < 4.78 is 7.01. The second-order valence-corrected chi connectivity index (χ2v) is 6.42. The Morgan fingerprint density at radius 2 is 2.00 bits per heavy atom. The number of imidazole rings is 1. The molecule has 1 atom stereocenters.